The van der Waals surface area contributed by atoms with Gasteiger partial charge in [0.2, 0.25) is 5.91 Å². The minimum Gasteiger partial charge on any atom is -0.353 e. The van der Waals surface area contributed by atoms with E-state index >= 15 is 0 Å². The maximum atomic E-state index is 11.5. The predicted octanol–water partition coefficient (Wildman–Crippen LogP) is 1.95. The molecule has 1 saturated carbocycles. The van der Waals surface area contributed by atoms with Gasteiger partial charge in [0, 0.05) is 12.5 Å². The van der Waals surface area contributed by atoms with Crippen LogP contribution in [0.2, 0.25) is 0 Å². The predicted molar refractivity (Wildman–Crippen MR) is 52.2 cm³/mol. The maximum Gasteiger partial charge on any atom is 0.220 e. The molecule has 2 nitrogen and oxygen atoms in total. The molecule has 2 heteroatoms. The summed E-state index contributed by atoms with van der Waals surface area (Å²) >= 11 is 0. The molecule has 3 rings (SSSR count). The fourth-order valence-corrected chi connectivity index (χ4v) is 3.04. The van der Waals surface area contributed by atoms with E-state index in [9.17, 15) is 4.79 Å². The lowest BCUT2D eigenvalue weighted by atomic mass is 9.62. The third kappa shape index (κ3) is 1.27. The van der Waals surface area contributed by atoms with Gasteiger partial charge in [-0.05, 0) is 30.1 Å². The van der Waals surface area contributed by atoms with Crippen LogP contribution in [0.25, 0.3) is 0 Å². The van der Waals surface area contributed by atoms with Crippen molar-refractivity contribution in [2.75, 3.05) is 0 Å². The van der Waals surface area contributed by atoms with Crippen LogP contribution in [0.15, 0.2) is 0 Å². The van der Waals surface area contributed by atoms with Crippen molar-refractivity contribution in [3.05, 3.63) is 0 Å². The van der Waals surface area contributed by atoms with Crippen LogP contribution in [0.4, 0.5) is 0 Å². The summed E-state index contributed by atoms with van der Waals surface area (Å²) in [7, 11) is 0. The Morgan fingerprint density at radius 3 is 2.85 bits per heavy atom. The molecule has 2 saturated heterocycles. The topological polar surface area (TPSA) is 29.1 Å². The van der Waals surface area contributed by atoms with E-state index in [-0.39, 0.29) is 11.3 Å². The molecule has 0 radical (unpaired) electrons. The average Bonchev–Trinajstić information content (AvgIpc) is 2.25. The summed E-state index contributed by atoms with van der Waals surface area (Å²) in [5, 5.41) is 3.14. The zero-order valence-electron chi connectivity index (χ0n) is 8.76. The lowest BCUT2D eigenvalue weighted by molar-refractivity contribution is -0.122. The van der Waals surface area contributed by atoms with Gasteiger partial charge in [-0.25, -0.2) is 0 Å². The Morgan fingerprint density at radius 1 is 1.46 bits per heavy atom. The Kier molecular flexibility index (Phi) is 1.90. The number of hydrogen-bond donors (Lipinski definition) is 1. The molecule has 1 aliphatic carbocycles. The molecule has 3 aliphatic rings. The first-order valence-corrected chi connectivity index (χ1v) is 5.32. The van der Waals surface area contributed by atoms with Gasteiger partial charge in [-0.2, -0.15) is 0 Å². The summed E-state index contributed by atoms with van der Waals surface area (Å²) in [6, 6.07) is 0.443. The van der Waals surface area contributed by atoms with Gasteiger partial charge in [0.1, 0.15) is 0 Å². The minimum atomic E-state index is 0.260. The Labute approximate surface area is 80.1 Å². The second kappa shape index (κ2) is 2.73. The SMILES string of the molecule is CC1C2CCC(C)(CC(=O)N2)C1C. The lowest BCUT2D eigenvalue weighted by Crippen LogP contribution is -2.42. The van der Waals surface area contributed by atoms with Gasteiger partial charge in [0.15, 0.2) is 0 Å². The van der Waals surface area contributed by atoms with Crippen molar-refractivity contribution >= 4 is 5.91 Å². The summed E-state index contributed by atoms with van der Waals surface area (Å²) in [5.74, 6) is 1.58. The first kappa shape index (κ1) is 9.04. The second-order valence-electron chi connectivity index (χ2n) is 5.19. The quantitative estimate of drug-likeness (QED) is 0.608. The van der Waals surface area contributed by atoms with Crippen molar-refractivity contribution in [1.29, 1.82) is 0 Å². The van der Waals surface area contributed by atoms with Crippen molar-refractivity contribution < 1.29 is 4.79 Å². The number of nitrogens with one attached hydrogen (secondary N) is 1. The van der Waals surface area contributed by atoms with Crippen LogP contribution < -0.4 is 5.32 Å². The van der Waals surface area contributed by atoms with Crippen molar-refractivity contribution in [1.82, 2.24) is 5.32 Å². The second-order valence-corrected chi connectivity index (χ2v) is 5.19. The lowest BCUT2D eigenvalue weighted by Gasteiger charge is -2.43. The molecule has 0 aromatic carbocycles. The average molecular weight is 181 g/mol. The van der Waals surface area contributed by atoms with E-state index in [1.807, 2.05) is 0 Å². The molecule has 0 aromatic heterocycles. The van der Waals surface area contributed by atoms with Gasteiger partial charge < -0.3 is 5.32 Å². The van der Waals surface area contributed by atoms with E-state index in [1.165, 1.54) is 12.8 Å². The van der Waals surface area contributed by atoms with E-state index in [0.29, 0.717) is 17.9 Å². The highest BCUT2D eigenvalue weighted by Crippen LogP contribution is 2.48. The van der Waals surface area contributed by atoms with E-state index in [4.69, 9.17) is 0 Å². The highest BCUT2D eigenvalue weighted by atomic mass is 16.1. The zero-order valence-corrected chi connectivity index (χ0v) is 8.76. The fraction of sp³-hybridized carbons (Fsp3) is 0.909. The normalized spacial score (nSPS) is 50.1. The van der Waals surface area contributed by atoms with Crippen molar-refractivity contribution in [3.63, 3.8) is 0 Å². The zero-order chi connectivity index (χ0) is 9.64. The summed E-state index contributed by atoms with van der Waals surface area (Å²) in [6.07, 6.45) is 3.12. The molecule has 0 spiro atoms. The molecule has 4 unspecified atom stereocenters. The van der Waals surface area contributed by atoms with E-state index in [0.717, 1.165) is 6.42 Å². The Morgan fingerprint density at radius 2 is 2.15 bits per heavy atom. The standard InChI is InChI=1S/C11H19NO/c1-7-8(2)11(3)5-4-9(7)12-10(13)6-11/h7-9H,4-6H2,1-3H3,(H,12,13). The number of carbonyl (C=O) groups is 1. The minimum absolute atomic E-state index is 0.260. The van der Waals surface area contributed by atoms with E-state index in [2.05, 4.69) is 26.1 Å². The van der Waals surface area contributed by atoms with Gasteiger partial charge in [-0.3, -0.25) is 4.79 Å². The Balaban J connectivity index is 2.33. The molecule has 2 bridgehead atoms. The molecule has 0 aromatic rings. The van der Waals surface area contributed by atoms with Crippen LogP contribution in [-0.2, 0) is 4.79 Å². The van der Waals surface area contributed by atoms with Gasteiger partial charge in [0.05, 0.1) is 0 Å². The van der Waals surface area contributed by atoms with Crippen LogP contribution in [0.1, 0.15) is 40.0 Å². The molecular weight excluding hydrogens is 162 g/mol. The number of hydrogen-bond acceptors (Lipinski definition) is 1. The van der Waals surface area contributed by atoms with E-state index in [1.54, 1.807) is 0 Å². The molecule has 3 fully saturated rings. The van der Waals surface area contributed by atoms with Gasteiger partial charge in [-0.1, -0.05) is 20.8 Å². The van der Waals surface area contributed by atoms with Gasteiger partial charge in [0.25, 0.3) is 0 Å². The van der Waals surface area contributed by atoms with Crippen molar-refractivity contribution in [3.8, 4) is 0 Å². The molecule has 74 valence electrons. The highest BCUT2D eigenvalue weighted by Gasteiger charge is 2.46. The third-order valence-corrected chi connectivity index (χ3v) is 4.46. The van der Waals surface area contributed by atoms with Gasteiger partial charge in [-0.15, -0.1) is 0 Å². The van der Waals surface area contributed by atoms with E-state index < -0.39 is 0 Å². The maximum absolute atomic E-state index is 11.5. The van der Waals surface area contributed by atoms with Gasteiger partial charge >= 0.3 is 0 Å². The number of rotatable bonds is 0. The molecule has 4 atom stereocenters. The molecular formula is C11H19NO. The molecule has 1 N–H and O–H groups in total. The highest BCUT2D eigenvalue weighted by molar-refractivity contribution is 5.77. The smallest absolute Gasteiger partial charge is 0.220 e. The van der Waals surface area contributed by atoms with Crippen LogP contribution in [-0.4, -0.2) is 11.9 Å². The first-order valence-electron chi connectivity index (χ1n) is 5.32. The number of fused-ring (bicyclic) bond motifs is 4. The molecule has 2 aliphatic heterocycles. The number of amides is 1. The van der Waals surface area contributed by atoms with Crippen LogP contribution in [0.3, 0.4) is 0 Å². The van der Waals surface area contributed by atoms with Crippen LogP contribution in [0.5, 0.6) is 0 Å². The molecule has 13 heavy (non-hydrogen) atoms. The first-order chi connectivity index (χ1) is 6.03. The Bertz CT molecular complexity index is 238. The Hall–Kier alpha value is -0.530. The summed E-state index contributed by atoms with van der Waals surface area (Å²) in [6.45, 7) is 6.85. The van der Waals surface area contributed by atoms with Crippen LogP contribution >= 0.6 is 0 Å². The largest absolute Gasteiger partial charge is 0.353 e. The molecule has 2 heterocycles. The third-order valence-electron chi connectivity index (χ3n) is 4.46. The summed E-state index contributed by atoms with van der Waals surface area (Å²) in [5.41, 5.74) is 0.260. The summed E-state index contributed by atoms with van der Waals surface area (Å²) in [4.78, 5) is 11.5. The summed E-state index contributed by atoms with van der Waals surface area (Å²) < 4.78 is 0. The fourth-order valence-electron chi connectivity index (χ4n) is 3.04. The van der Waals surface area contributed by atoms with Crippen LogP contribution in [0, 0.1) is 17.3 Å². The number of carbonyl (C=O) groups excluding carboxylic acids is 1. The monoisotopic (exact) mass is 181 g/mol. The molecule has 1 amide bonds. The van der Waals surface area contributed by atoms with Crippen molar-refractivity contribution in [2.24, 2.45) is 17.3 Å². The van der Waals surface area contributed by atoms with Crippen molar-refractivity contribution in [2.45, 2.75) is 46.1 Å².